The molecule has 0 radical (unpaired) electrons. The summed E-state index contributed by atoms with van der Waals surface area (Å²) in [5.41, 5.74) is 1.62. The largest absolute Gasteiger partial charge is 0.454 e. The Kier molecular flexibility index (Phi) is 8.87. The predicted molar refractivity (Wildman–Crippen MR) is 161 cm³/mol. The molecule has 2 saturated heterocycles. The van der Waals surface area contributed by atoms with E-state index in [4.69, 9.17) is 21.1 Å². The van der Waals surface area contributed by atoms with Crippen molar-refractivity contribution in [1.82, 2.24) is 24.7 Å². The Hall–Kier alpha value is -3.61. The summed E-state index contributed by atoms with van der Waals surface area (Å²) in [7, 11) is 0. The van der Waals surface area contributed by atoms with Gasteiger partial charge in [0.1, 0.15) is 16.8 Å². The molecule has 226 valence electrons. The number of piperazine rings is 2. The van der Waals surface area contributed by atoms with Crippen LogP contribution in [0.2, 0.25) is 5.15 Å². The van der Waals surface area contributed by atoms with Crippen molar-refractivity contribution >= 4 is 41.0 Å². The second-order valence-corrected chi connectivity index (χ2v) is 12.1. The van der Waals surface area contributed by atoms with Crippen LogP contribution in [0.5, 0.6) is 11.5 Å². The molecule has 0 spiro atoms. The van der Waals surface area contributed by atoms with Crippen LogP contribution in [0.1, 0.15) is 22.8 Å². The summed E-state index contributed by atoms with van der Waals surface area (Å²) in [6, 6.07) is 13.2. The quantitative estimate of drug-likeness (QED) is 0.221. The van der Waals surface area contributed by atoms with Gasteiger partial charge in [0.05, 0.1) is 5.75 Å². The van der Waals surface area contributed by atoms with E-state index in [0.717, 1.165) is 36.7 Å². The summed E-state index contributed by atoms with van der Waals surface area (Å²) in [4.78, 5) is 43.1. The number of hydrogen-bond acceptors (Lipinski definition) is 9. The van der Waals surface area contributed by atoms with Gasteiger partial charge >= 0.3 is 0 Å². The van der Waals surface area contributed by atoms with Crippen molar-refractivity contribution in [3.63, 3.8) is 0 Å². The smallest absolute Gasteiger partial charge is 0.254 e. The van der Waals surface area contributed by atoms with E-state index in [9.17, 15) is 14.0 Å². The van der Waals surface area contributed by atoms with Gasteiger partial charge in [-0.2, -0.15) is 0 Å². The van der Waals surface area contributed by atoms with E-state index in [2.05, 4.69) is 25.8 Å². The van der Waals surface area contributed by atoms with E-state index >= 15 is 0 Å². The van der Waals surface area contributed by atoms with Crippen molar-refractivity contribution in [2.24, 2.45) is 0 Å². The minimum atomic E-state index is -0.373. The molecule has 4 heterocycles. The van der Waals surface area contributed by atoms with Gasteiger partial charge in [-0.1, -0.05) is 29.4 Å². The fourth-order valence-corrected chi connectivity index (χ4v) is 6.49. The van der Waals surface area contributed by atoms with Gasteiger partial charge in [-0.05, 0) is 48.9 Å². The molecule has 2 fully saturated rings. The number of thioether (sulfide) groups is 1. The number of benzene rings is 2. The SMILES string of the molecule is CC1CN(c2cc(Cl)nc(SCC(=O)N3CCN(Cc4ccc5c(c4)OCO5)CC3)n2)CCN1C(=O)c1ccc(F)cc1. The molecule has 0 N–H and O–H groups in total. The molecule has 1 unspecified atom stereocenters. The molecule has 6 rings (SSSR count). The van der Waals surface area contributed by atoms with E-state index in [1.54, 1.807) is 11.0 Å². The molecule has 3 aliphatic heterocycles. The van der Waals surface area contributed by atoms with Crippen LogP contribution in [0, 0.1) is 5.82 Å². The molecule has 3 aliphatic rings. The number of halogens is 2. The summed E-state index contributed by atoms with van der Waals surface area (Å²) in [5, 5.41) is 0.740. The summed E-state index contributed by atoms with van der Waals surface area (Å²) >= 11 is 7.63. The molecule has 2 amide bonds. The molecule has 3 aromatic rings. The van der Waals surface area contributed by atoms with Crippen molar-refractivity contribution in [3.05, 3.63) is 70.6 Å². The summed E-state index contributed by atoms with van der Waals surface area (Å²) in [6.45, 7) is 7.52. The van der Waals surface area contributed by atoms with E-state index in [0.29, 0.717) is 54.4 Å². The van der Waals surface area contributed by atoms with Crippen molar-refractivity contribution in [2.75, 3.05) is 63.3 Å². The van der Waals surface area contributed by atoms with Crippen LogP contribution in [0.25, 0.3) is 0 Å². The number of amides is 2. The average Bonchev–Trinajstić information content (AvgIpc) is 3.48. The minimum Gasteiger partial charge on any atom is -0.454 e. The maximum Gasteiger partial charge on any atom is 0.254 e. The van der Waals surface area contributed by atoms with Crippen LogP contribution in [-0.2, 0) is 11.3 Å². The van der Waals surface area contributed by atoms with Gasteiger partial charge in [0, 0.05) is 70.0 Å². The molecule has 43 heavy (non-hydrogen) atoms. The zero-order chi connectivity index (χ0) is 29.9. The van der Waals surface area contributed by atoms with Gasteiger partial charge in [0.2, 0.25) is 12.7 Å². The van der Waals surface area contributed by atoms with Crippen molar-refractivity contribution in [3.8, 4) is 11.5 Å². The zero-order valence-electron chi connectivity index (χ0n) is 23.7. The zero-order valence-corrected chi connectivity index (χ0v) is 25.3. The third-order valence-electron chi connectivity index (χ3n) is 7.86. The van der Waals surface area contributed by atoms with Crippen molar-refractivity contribution < 1.29 is 23.5 Å². The number of fused-ring (bicyclic) bond motifs is 1. The first-order valence-corrected chi connectivity index (χ1v) is 15.6. The Morgan fingerprint density at radius 1 is 0.977 bits per heavy atom. The molecule has 0 bridgehead atoms. The van der Waals surface area contributed by atoms with Gasteiger partial charge in [-0.25, -0.2) is 14.4 Å². The van der Waals surface area contributed by atoms with Crippen molar-refractivity contribution in [2.45, 2.75) is 24.7 Å². The van der Waals surface area contributed by atoms with E-state index in [1.165, 1.54) is 36.0 Å². The average molecular weight is 627 g/mol. The van der Waals surface area contributed by atoms with Crippen LogP contribution in [0.4, 0.5) is 10.2 Å². The molecule has 1 atom stereocenters. The number of hydrogen-bond donors (Lipinski definition) is 0. The monoisotopic (exact) mass is 626 g/mol. The van der Waals surface area contributed by atoms with E-state index < -0.39 is 0 Å². The molecule has 13 heteroatoms. The number of rotatable bonds is 7. The van der Waals surface area contributed by atoms with Gasteiger partial charge in [0.15, 0.2) is 16.7 Å². The van der Waals surface area contributed by atoms with Crippen LogP contribution in [0.3, 0.4) is 0 Å². The minimum absolute atomic E-state index is 0.0411. The number of carbonyl (C=O) groups excluding carboxylic acids is 2. The highest BCUT2D eigenvalue weighted by molar-refractivity contribution is 7.99. The lowest BCUT2D eigenvalue weighted by atomic mass is 10.1. The highest BCUT2D eigenvalue weighted by Crippen LogP contribution is 2.33. The number of nitrogens with zero attached hydrogens (tertiary/aromatic N) is 6. The highest BCUT2D eigenvalue weighted by atomic mass is 35.5. The van der Waals surface area contributed by atoms with Gasteiger partial charge in [0.25, 0.3) is 5.91 Å². The molecular formula is C30H32ClFN6O4S. The molecular weight excluding hydrogens is 595 g/mol. The summed E-state index contributed by atoms with van der Waals surface area (Å²) < 4.78 is 24.2. The van der Waals surface area contributed by atoms with Gasteiger partial charge in [-0.3, -0.25) is 14.5 Å². The third kappa shape index (κ3) is 6.97. The Balaban J connectivity index is 0.990. The first kappa shape index (κ1) is 29.5. The topological polar surface area (TPSA) is 91.3 Å². The fraction of sp³-hybridized carbons (Fsp3) is 0.400. The Labute approximate surface area is 258 Å². The number of ether oxygens (including phenoxy) is 2. The first-order valence-electron chi connectivity index (χ1n) is 14.2. The van der Waals surface area contributed by atoms with E-state index in [-0.39, 0.29) is 36.2 Å². The number of anilines is 1. The number of aromatic nitrogens is 2. The number of carbonyl (C=O) groups is 2. The Morgan fingerprint density at radius 3 is 2.51 bits per heavy atom. The van der Waals surface area contributed by atoms with E-state index in [1.807, 2.05) is 24.0 Å². The molecule has 1 aromatic heterocycles. The van der Waals surface area contributed by atoms with Crippen LogP contribution < -0.4 is 14.4 Å². The first-order chi connectivity index (χ1) is 20.8. The van der Waals surface area contributed by atoms with Crippen LogP contribution in [-0.4, -0.2) is 101 Å². The molecule has 2 aromatic carbocycles. The van der Waals surface area contributed by atoms with Crippen LogP contribution in [0.15, 0.2) is 53.7 Å². The third-order valence-corrected chi connectivity index (χ3v) is 8.88. The van der Waals surface area contributed by atoms with Crippen molar-refractivity contribution in [1.29, 1.82) is 0 Å². The van der Waals surface area contributed by atoms with Crippen LogP contribution >= 0.6 is 23.4 Å². The lowest BCUT2D eigenvalue weighted by Crippen LogP contribution is -2.54. The second kappa shape index (κ2) is 12.9. The summed E-state index contributed by atoms with van der Waals surface area (Å²) in [6.07, 6.45) is 0. The maximum atomic E-state index is 13.3. The molecule has 0 aliphatic carbocycles. The predicted octanol–water partition coefficient (Wildman–Crippen LogP) is 3.79. The molecule has 0 saturated carbocycles. The molecule has 10 nitrogen and oxygen atoms in total. The fourth-order valence-electron chi connectivity index (χ4n) is 5.51. The maximum absolute atomic E-state index is 13.3. The Bertz CT molecular complexity index is 1490. The Morgan fingerprint density at radius 2 is 1.74 bits per heavy atom. The summed E-state index contributed by atoms with van der Waals surface area (Å²) in [5.74, 6) is 1.98. The lowest BCUT2D eigenvalue weighted by molar-refractivity contribution is -0.130. The standard InChI is InChI=1S/C30H32ClFN6O4S/c1-20-16-37(12-13-38(20)29(40)22-3-5-23(32)6-4-22)27-15-26(31)33-30(34-27)43-18-28(39)36-10-8-35(9-11-36)17-21-2-7-24-25(14-21)42-19-41-24/h2-7,14-15,20H,8-13,16-19H2,1H3. The normalized spacial score (nSPS) is 18.7. The highest BCUT2D eigenvalue weighted by Gasteiger charge is 2.29. The second-order valence-electron chi connectivity index (χ2n) is 10.8. The van der Waals surface area contributed by atoms with Gasteiger partial charge < -0.3 is 24.2 Å². The van der Waals surface area contributed by atoms with Gasteiger partial charge in [-0.15, -0.1) is 0 Å². The lowest BCUT2D eigenvalue weighted by Gasteiger charge is -2.40.